The summed E-state index contributed by atoms with van der Waals surface area (Å²) in [7, 11) is -4.49. The van der Waals surface area contributed by atoms with Crippen molar-refractivity contribution in [2.75, 3.05) is 6.54 Å². The van der Waals surface area contributed by atoms with Crippen molar-refractivity contribution in [1.29, 1.82) is 0 Å². The van der Waals surface area contributed by atoms with Gasteiger partial charge in [0.25, 0.3) is 5.91 Å². The van der Waals surface area contributed by atoms with Crippen molar-refractivity contribution in [3.63, 3.8) is 0 Å². The number of alkyl halides is 3. The third-order valence-corrected chi connectivity index (χ3v) is 8.03. The van der Waals surface area contributed by atoms with E-state index in [0.717, 1.165) is 24.7 Å². The largest absolute Gasteiger partial charge is 0.404 e. The quantitative estimate of drug-likeness (QED) is 0.364. The lowest BCUT2D eigenvalue weighted by Crippen LogP contribution is -2.43. The number of aliphatic hydroxyl groups is 1. The van der Waals surface area contributed by atoms with Gasteiger partial charge in [-0.3, -0.25) is 4.79 Å². The molecule has 0 saturated carbocycles. The number of nitrogens with one attached hydrogen (secondary N) is 2. The third-order valence-electron chi connectivity index (χ3n) is 5.30. The molecule has 2 aromatic carbocycles. The average molecular weight is 544 g/mol. The number of fused-ring (bicyclic) bond motifs is 1. The molecule has 1 heterocycles. The molecule has 0 fully saturated rings. The molecule has 3 aromatic rings. The van der Waals surface area contributed by atoms with Crippen LogP contribution in [-0.4, -0.2) is 48.8 Å². The highest BCUT2D eigenvalue weighted by Gasteiger charge is 2.39. The predicted molar refractivity (Wildman–Crippen MR) is 134 cm³/mol. The Morgan fingerprint density at radius 2 is 1.78 bits per heavy atom. The number of amides is 1. The molecule has 3 N–H and O–H groups in total. The van der Waals surface area contributed by atoms with Crippen LogP contribution in [0.25, 0.3) is 21.2 Å². The van der Waals surface area contributed by atoms with E-state index in [0.29, 0.717) is 27.9 Å². The molecular formula is C24H28F3N3O4S2. The van der Waals surface area contributed by atoms with Crippen molar-refractivity contribution in [3.8, 4) is 10.4 Å². The maximum Gasteiger partial charge on any atom is 0.404 e. The summed E-state index contributed by atoms with van der Waals surface area (Å²) in [4.78, 5) is 17.6. The van der Waals surface area contributed by atoms with Gasteiger partial charge in [-0.1, -0.05) is 43.7 Å². The zero-order valence-corrected chi connectivity index (χ0v) is 21.9. The molecule has 0 radical (unpaired) electrons. The molecule has 0 saturated heterocycles. The number of sulfonamides is 1. The minimum atomic E-state index is -4.73. The monoisotopic (exact) mass is 543 g/mol. The Labute approximate surface area is 211 Å². The Hall–Kier alpha value is -2.54. The number of aryl methyl sites for hydroxylation is 1. The zero-order valence-electron chi connectivity index (χ0n) is 20.2. The van der Waals surface area contributed by atoms with Crippen molar-refractivity contribution >= 4 is 38.0 Å². The van der Waals surface area contributed by atoms with E-state index in [1.807, 2.05) is 6.92 Å². The maximum atomic E-state index is 13.0. The third kappa shape index (κ3) is 6.41. The summed E-state index contributed by atoms with van der Waals surface area (Å²) in [6, 6.07) is 7.05. The van der Waals surface area contributed by atoms with Crippen molar-refractivity contribution in [3.05, 3.63) is 47.1 Å². The van der Waals surface area contributed by atoms with Crippen LogP contribution in [0.1, 0.15) is 49.6 Å². The molecule has 1 atom stereocenters. The highest BCUT2D eigenvalue weighted by atomic mass is 32.2. The van der Waals surface area contributed by atoms with E-state index in [1.165, 1.54) is 18.2 Å². The fourth-order valence-electron chi connectivity index (χ4n) is 3.50. The molecule has 0 spiro atoms. The highest BCUT2D eigenvalue weighted by molar-refractivity contribution is 7.89. The van der Waals surface area contributed by atoms with Gasteiger partial charge >= 0.3 is 6.18 Å². The van der Waals surface area contributed by atoms with Gasteiger partial charge in [0.2, 0.25) is 10.0 Å². The summed E-state index contributed by atoms with van der Waals surface area (Å²) in [5.41, 5.74) is 0.174. The number of carbonyl (C=O) groups excluding carboxylic acids is 1. The van der Waals surface area contributed by atoms with Crippen LogP contribution in [0.5, 0.6) is 0 Å². The number of rotatable bonds is 9. The topological polar surface area (TPSA) is 108 Å². The Morgan fingerprint density at radius 3 is 2.36 bits per heavy atom. The fourth-order valence-corrected chi connectivity index (χ4v) is 6.01. The summed E-state index contributed by atoms with van der Waals surface area (Å²) < 4.78 is 66.5. The minimum Gasteiger partial charge on any atom is -0.389 e. The van der Waals surface area contributed by atoms with Crippen LogP contribution in [0, 0.1) is 0 Å². The lowest BCUT2D eigenvalue weighted by Gasteiger charge is -2.18. The van der Waals surface area contributed by atoms with Crippen molar-refractivity contribution in [2.45, 2.75) is 63.3 Å². The van der Waals surface area contributed by atoms with Gasteiger partial charge in [-0.05, 0) is 38.6 Å². The van der Waals surface area contributed by atoms with Crippen LogP contribution in [0.15, 0.2) is 41.3 Å². The van der Waals surface area contributed by atoms with Gasteiger partial charge in [0.1, 0.15) is 6.04 Å². The van der Waals surface area contributed by atoms with Crippen LogP contribution in [-0.2, 0) is 16.4 Å². The number of thiazole rings is 1. The molecule has 3 rings (SSSR count). The number of nitrogens with zero attached hydrogens (tertiary/aromatic N) is 1. The van der Waals surface area contributed by atoms with E-state index in [9.17, 15) is 31.5 Å². The van der Waals surface area contributed by atoms with Gasteiger partial charge in [-0.25, -0.2) is 13.4 Å². The Morgan fingerprint density at radius 1 is 1.14 bits per heavy atom. The van der Waals surface area contributed by atoms with Crippen LogP contribution >= 0.6 is 11.3 Å². The van der Waals surface area contributed by atoms with E-state index in [1.54, 1.807) is 36.8 Å². The van der Waals surface area contributed by atoms with E-state index in [-0.39, 0.29) is 21.8 Å². The standard InChI is InChI=1S/C24H28F3N3O4S2/c1-5-8-18-20(35-22(29-18)21(31)28-13-23(3,4)32)17-11-12-19(16-10-7-6-9-15(16)17)36(33,34)30-14(2)24(25,26)27/h6-7,9-12,14,30,32H,5,8,13H2,1-4H3,(H,28,31). The Kier molecular flexibility index (Phi) is 8.13. The summed E-state index contributed by atoms with van der Waals surface area (Å²) in [5, 5.41) is 13.5. The molecule has 7 nitrogen and oxygen atoms in total. The molecule has 0 aliphatic rings. The van der Waals surface area contributed by atoms with E-state index in [2.05, 4.69) is 10.3 Å². The van der Waals surface area contributed by atoms with Gasteiger partial charge in [0.05, 0.1) is 21.1 Å². The lowest BCUT2D eigenvalue weighted by atomic mass is 10.0. The summed E-state index contributed by atoms with van der Waals surface area (Å²) >= 11 is 1.13. The first-order chi connectivity index (χ1) is 16.6. The normalized spacial score (nSPS) is 13.7. The average Bonchev–Trinajstić information content (AvgIpc) is 3.19. The number of hydrogen-bond donors (Lipinski definition) is 3. The first kappa shape index (κ1) is 28.0. The molecule has 36 heavy (non-hydrogen) atoms. The van der Waals surface area contributed by atoms with Crippen LogP contribution in [0.4, 0.5) is 13.2 Å². The molecule has 196 valence electrons. The molecule has 1 amide bonds. The second-order valence-electron chi connectivity index (χ2n) is 9.08. The van der Waals surface area contributed by atoms with E-state index >= 15 is 0 Å². The first-order valence-corrected chi connectivity index (χ1v) is 13.6. The number of hydrogen-bond acceptors (Lipinski definition) is 6. The summed E-state index contributed by atoms with van der Waals surface area (Å²) in [5.74, 6) is -0.445. The first-order valence-electron chi connectivity index (χ1n) is 11.3. The number of benzene rings is 2. The van der Waals surface area contributed by atoms with Crippen LogP contribution in [0.3, 0.4) is 0 Å². The zero-order chi connectivity index (χ0) is 26.9. The Bertz CT molecular complexity index is 1360. The summed E-state index contributed by atoms with van der Waals surface area (Å²) in [6.07, 6.45) is -3.43. The molecule has 1 aromatic heterocycles. The molecule has 0 bridgehead atoms. The second kappa shape index (κ2) is 10.4. The highest BCUT2D eigenvalue weighted by Crippen LogP contribution is 2.38. The summed E-state index contributed by atoms with van der Waals surface area (Å²) in [6.45, 7) is 5.86. The van der Waals surface area contributed by atoms with Gasteiger partial charge in [-0.15, -0.1) is 11.3 Å². The van der Waals surface area contributed by atoms with Gasteiger partial charge in [0.15, 0.2) is 5.01 Å². The molecule has 1 unspecified atom stereocenters. The number of aromatic nitrogens is 1. The van der Waals surface area contributed by atoms with Crippen LogP contribution in [0.2, 0.25) is 0 Å². The SMILES string of the molecule is CCCc1nc(C(=O)NCC(C)(C)O)sc1-c1ccc(S(=O)(=O)NC(C)C(F)(F)F)c2ccccc12. The van der Waals surface area contributed by atoms with Crippen molar-refractivity contribution < 1.29 is 31.5 Å². The van der Waals surface area contributed by atoms with E-state index in [4.69, 9.17) is 0 Å². The fraction of sp³-hybridized carbons (Fsp3) is 0.417. The minimum absolute atomic E-state index is 0.0304. The lowest BCUT2D eigenvalue weighted by molar-refractivity contribution is -0.147. The maximum absolute atomic E-state index is 13.0. The van der Waals surface area contributed by atoms with Gasteiger partial charge in [0, 0.05) is 17.5 Å². The molecule has 0 aliphatic heterocycles. The van der Waals surface area contributed by atoms with Crippen molar-refractivity contribution in [2.24, 2.45) is 0 Å². The van der Waals surface area contributed by atoms with Crippen molar-refractivity contribution in [1.82, 2.24) is 15.0 Å². The smallest absolute Gasteiger partial charge is 0.389 e. The molecule has 12 heteroatoms. The number of halogens is 3. The number of carbonyl (C=O) groups is 1. The second-order valence-corrected chi connectivity index (χ2v) is 11.8. The molecule has 0 aliphatic carbocycles. The van der Waals surface area contributed by atoms with Gasteiger partial charge in [-0.2, -0.15) is 17.9 Å². The Balaban J connectivity index is 2.10. The van der Waals surface area contributed by atoms with E-state index < -0.39 is 33.7 Å². The predicted octanol–water partition coefficient (Wildman–Crippen LogP) is 4.65. The van der Waals surface area contributed by atoms with Crippen LogP contribution < -0.4 is 10.0 Å². The molecular weight excluding hydrogens is 515 g/mol. The van der Waals surface area contributed by atoms with Gasteiger partial charge < -0.3 is 10.4 Å².